The largest absolute Gasteiger partial charge is 0.336 e. The van der Waals surface area contributed by atoms with Crippen molar-refractivity contribution in [2.24, 2.45) is 0 Å². The van der Waals surface area contributed by atoms with Gasteiger partial charge in [0.15, 0.2) is 0 Å². The van der Waals surface area contributed by atoms with Crippen molar-refractivity contribution in [1.82, 2.24) is 14.2 Å². The van der Waals surface area contributed by atoms with Gasteiger partial charge in [0.2, 0.25) is 10.0 Å². The summed E-state index contributed by atoms with van der Waals surface area (Å²) >= 11 is 0. The van der Waals surface area contributed by atoms with E-state index in [1.165, 1.54) is 16.4 Å². The fraction of sp³-hybridized carbons (Fsp3) is 0.520. The monoisotopic (exact) mass is 473 g/mol. The molecule has 8 heteroatoms. The average Bonchev–Trinajstić information content (AvgIpc) is 2.80. The lowest BCUT2D eigenvalue weighted by molar-refractivity contribution is 0.0632. The summed E-state index contributed by atoms with van der Waals surface area (Å²) in [6, 6.07) is 8.00. The van der Waals surface area contributed by atoms with E-state index in [0.29, 0.717) is 37.1 Å². The maximum Gasteiger partial charge on any atom is 0.255 e. The van der Waals surface area contributed by atoms with Gasteiger partial charge in [-0.1, -0.05) is 6.07 Å². The van der Waals surface area contributed by atoms with Crippen LogP contribution in [0.3, 0.4) is 0 Å². The Morgan fingerprint density at radius 1 is 1.03 bits per heavy atom. The van der Waals surface area contributed by atoms with Crippen molar-refractivity contribution < 1.29 is 17.6 Å². The molecule has 178 valence electrons. The molecule has 1 unspecified atom stereocenters. The number of hydrogen-bond donors (Lipinski definition) is 0. The molecule has 0 spiro atoms. The van der Waals surface area contributed by atoms with E-state index in [4.69, 9.17) is 4.98 Å². The molecule has 2 aliphatic rings. The van der Waals surface area contributed by atoms with E-state index >= 15 is 0 Å². The molecule has 0 saturated carbocycles. The first kappa shape index (κ1) is 23.8. The number of nitrogens with zero attached hydrogens (tertiary/aromatic N) is 3. The predicted molar refractivity (Wildman–Crippen MR) is 125 cm³/mol. The van der Waals surface area contributed by atoms with Crippen molar-refractivity contribution in [3.05, 3.63) is 58.7 Å². The molecule has 1 aromatic carbocycles. The highest BCUT2D eigenvalue weighted by atomic mass is 32.2. The number of hydrogen-bond acceptors (Lipinski definition) is 4. The van der Waals surface area contributed by atoms with Gasteiger partial charge in [0.1, 0.15) is 5.82 Å². The van der Waals surface area contributed by atoms with Gasteiger partial charge in [0.05, 0.1) is 16.2 Å². The Morgan fingerprint density at radius 3 is 2.42 bits per heavy atom. The number of aromatic nitrogens is 1. The molecular weight excluding hydrogens is 441 g/mol. The summed E-state index contributed by atoms with van der Waals surface area (Å²) in [7, 11) is -3.77. The van der Waals surface area contributed by atoms with Crippen LogP contribution >= 0.6 is 0 Å². The first-order valence-corrected chi connectivity index (χ1v) is 13.2. The molecule has 0 N–H and O–H groups in total. The van der Waals surface area contributed by atoms with Gasteiger partial charge in [0.25, 0.3) is 5.91 Å². The maximum absolute atomic E-state index is 14.0. The van der Waals surface area contributed by atoms with Crippen molar-refractivity contribution >= 4 is 15.9 Å². The van der Waals surface area contributed by atoms with Gasteiger partial charge < -0.3 is 4.90 Å². The minimum atomic E-state index is -3.77. The van der Waals surface area contributed by atoms with Crippen LogP contribution in [-0.2, 0) is 10.0 Å². The summed E-state index contributed by atoms with van der Waals surface area (Å²) in [6.45, 7) is 6.99. The average molecular weight is 474 g/mol. The summed E-state index contributed by atoms with van der Waals surface area (Å²) in [5, 5.41) is 0. The SMILES string of the molecule is Cc1ccc(C(=O)N2CCCCC2C)c(C2CCN(S(=O)(=O)c3ccc(C)c(F)c3)CC2)n1. The molecule has 33 heavy (non-hydrogen) atoms. The molecule has 0 radical (unpaired) electrons. The van der Waals surface area contributed by atoms with E-state index in [-0.39, 0.29) is 22.8 Å². The van der Waals surface area contributed by atoms with Crippen molar-refractivity contribution in [2.75, 3.05) is 19.6 Å². The standard InChI is InChI=1S/C25H32FN3O3S/c1-17-7-9-21(16-23(17)26)33(31,32)28-14-11-20(12-15-28)24-22(10-8-18(2)27-24)25(30)29-13-5-4-6-19(29)3/h7-10,16,19-20H,4-6,11-15H2,1-3H3. The molecular formula is C25H32FN3O3S. The third kappa shape index (κ3) is 4.82. The summed E-state index contributed by atoms with van der Waals surface area (Å²) in [4.78, 5) is 20.1. The molecule has 2 fully saturated rings. The van der Waals surface area contributed by atoms with Gasteiger partial charge in [-0.2, -0.15) is 4.31 Å². The van der Waals surface area contributed by atoms with Crippen LogP contribution in [0, 0.1) is 19.7 Å². The highest BCUT2D eigenvalue weighted by Gasteiger charge is 2.34. The molecule has 3 heterocycles. The topological polar surface area (TPSA) is 70.6 Å². The first-order chi connectivity index (χ1) is 15.7. The third-order valence-electron chi connectivity index (χ3n) is 6.98. The van der Waals surface area contributed by atoms with Crippen LogP contribution in [0.25, 0.3) is 0 Å². The number of amides is 1. The van der Waals surface area contributed by atoms with E-state index in [9.17, 15) is 17.6 Å². The van der Waals surface area contributed by atoms with Crippen LogP contribution in [0.5, 0.6) is 0 Å². The molecule has 0 bridgehead atoms. The lowest BCUT2D eigenvalue weighted by atomic mass is 9.90. The Kier molecular flexibility index (Phi) is 6.86. The van der Waals surface area contributed by atoms with Crippen molar-refractivity contribution in [2.45, 2.75) is 69.7 Å². The molecule has 4 rings (SSSR count). The van der Waals surface area contributed by atoms with E-state index < -0.39 is 15.8 Å². The summed E-state index contributed by atoms with van der Waals surface area (Å²) in [6.07, 6.45) is 4.30. The number of rotatable bonds is 4. The number of aryl methyl sites for hydroxylation is 2. The van der Waals surface area contributed by atoms with Crippen LogP contribution in [-0.4, -0.2) is 54.2 Å². The number of pyridine rings is 1. The molecule has 1 amide bonds. The summed E-state index contributed by atoms with van der Waals surface area (Å²) in [5.41, 5.74) is 2.67. The first-order valence-electron chi connectivity index (χ1n) is 11.7. The molecule has 1 atom stereocenters. The number of sulfonamides is 1. The lowest BCUT2D eigenvalue weighted by Crippen LogP contribution is -2.43. The number of carbonyl (C=O) groups is 1. The van der Waals surface area contributed by atoms with Crippen LogP contribution in [0.4, 0.5) is 4.39 Å². The van der Waals surface area contributed by atoms with E-state index in [1.54, 1.807) is 6.92 Å². The fourth-order valence-electron chi connectivity index (χ4n) is 4.88. The smallest absolute Gasteiger partial charge is 0.255 e. The lowest BCUT2D eigenvalue weighted by Gasteiger charge is -2.35. The van der Waals surface area contributed by atoms with Crippen molar-refractivity contribution in [3.8, 4) is 0 Å². The minimum absolute atomic E-state index is 0.00477. The number of piperidine rings is 2. The van der Waals surface area contributed by atoms with Gasteiger partial charge in [-0.15, -0.1) is 0 Å². The van der Waals surface area contributed by atoms with Gasteiger partial charge >= 0.3 is 0 Å². The minimum Gasteiger partial charge on any atom is -0.336 e. The number of halogens is 1. The summed E-state index contributed by atoms with van der Waals surface area (Å²) in [5.74, 6) is -0.495. The van der Waals surface area contributed by atoms with E-state index in [2.05, 4.69) is 6.92 Å². The number of carbonyl (C=O) groups excluding carboxylic acids is 1. The molecule has 0 aliphatic carbocycles. The maximum atomic E-state index is 14.0. The Hall–Kier alpha value is -2.32. The second-order valence-corrected chi connectivity index (χ2v) is 11.3. The molecule has 2 aliphatic heterocycles. The highest BCUT2D eigenvalue weighted by Crippen LogP contribution is 2.33. The van der Waals surface area contributed by atoms with Crippen molar-refractivity contribution in [3.63, 3.8) is 0 Å². The third-order valence-corrected chi connectivity index (χ3v) is 8.87. The normalized spacial score (nSPS) is 20.7. The zero-order valence-corrected chi connectivity index (χ0v) is 20.4. The highest BCUT2D eigenvalue weighted by molar-refractivity contribution is 7.89. The van der Waals surface area contributed by atoms with Gasteiger partial charge in [-0.05, 0) is 82.7 Å². The quantitative estimate of drug-likeness (QED) is 0.659. The Morgan fingerprint density at radius 2 is 1.76 bits per heavy atom. The Balaban J connectivity index is 1.53. The van der Waals surface area contributed by atoms with Crippen LogP contribution in [0.2, 0.25) is 0 Å². The summed E-state index contributed by atoms with van der Waals surface area (Å²) < 4.78 is 41.5. The zero-order valence-electron chi connectivity index (χ0n) is 19.6. The van der Waals surface area contributed by atoms with Crippen LogP contribution in [0.15, 0.2) is 35.2 Å². The fourth-order valence-corrected chi connectivity index (χ4v) is 6.36. The molecule has 2 saturated heterocycles. The van der Waals surface area contributed by atoms with Crippen molar-refractivity contribution in [1.29, 1.82) is 0 Å². The van der Waals surface area contributed by atoms with E-state index in [0.717, 1.165) is 43.3 Å². The Labute approximate surface area is 195 Å². The number of benzene rings is 1. The van der Waals surface area contributed by atoms with Gasteiger partial charge in [-0.25, -0.2) is 12.8 Å². The zero-order chi connectivity index (χ0) is 23.8. The molecule has 6 nitrogen and oxygen atoms in total. The predicted octanol–water partition coefficient (Wildman–Crippen LogP) is 4.42. The second-order valence-electron chi connectivity index (χ2n) is 9.32. The van der Waals surface area contributed by atoms with Crippen LogP contribution in [0.1, 0.15) is 72.3 Å². The molecule has 2 aromatic rings. The number of likely N-dealkylation sites (tertiary alicyclic amines) is 1. The Bertz CT molecular complexity index is 1140. The molecule has 1 aromatic heterocycles. The second kappa shape index (κ2) is 9.50. The van der Waals surface area contributed by atoms with Gasteiger partial charge in [-0.3, -0.25) is 9.78 Å². The van der Waals surface area contributed by atoms with Crippen LogP contribution < -0.4 is 0 Å². The van der Waals surface area contributed by atoms with Gasteiger partial charge in [0, 0.05) is 37.3 Å². The van der Waals surface area contributed by atoms with E-state index in [1.807, 2.05) is 24.0 Å².